The number of likely N-dealkylation sites (tertiary alicyclic amines) is 1. The summed E-state index contributed by atoms with van der Waals surface area (Å²) in [7, 11) is 0. The molecule has 20 heavy (non-hydrogen) atoms. The van der Waals surface area contributed by atoms with Crippen molar-refractivity contribution >= 4 is 11.8 Å². The van der Waals surface area contributed by atoms with E-state index in [9.17, 15) is 9.59 Å². The molecule has 1 atom stereocenters. The smallest absolute Gasteiger partial charge is 0.238 e. The predicted octanol–water partition coefficient (Wildman–Crippen LogP) is -0.474. The fourth-order valence-electron chi connectivity index (χ4n) is 2.56. The van der Waals surface area contributed by atoms with Crippen molar-refractivity contribution in [2.75, 3.05) is 13.1 Å². The third-order valence-corrected chi connectivity index (χ3v) is 3.70. The number of hydrogen-bond acceptors (Lipinski definition) is 4. The molecule has 0 aliphatic carbocycles. The summed E-state index contributed by atoms with van der Waals surface area (Å²) in [5, 5.41) is 0. The van der Waals surface area contributed by atoms with Gasteiger partial charge in [0.1, 0.15) is 0 Å². The molecule has 2 rings (SSSR count). The van der Waals surface area contributed by atoms with E-state index in [4.69, 9.17) is 11.6 Å². The lowest BCUT2D eigenvalue weighted by molar-refractivity contribution is -0.121. The molecule has 1 aromatic carbocycles. The Morgan fingerprint density at radius 1 is 1.30 bits per heavy atom. The number of hydrogen-bond donors (Lipinski definition) is 3. The van der Waals surface area contributed by atoms with Gasteiger partial charge in [-0.3, -0.25) is 19.9 Å². The molecule has 1 aliphatic rings. The highest BCUT2D eigenvalue weighted by molar-refractivity contribution is 5.78. The van der Waals surface area contributed by atoms with Crippen molar-refractivity contribution in [1.29, 1.82) is 0 Å². The average molecular weight is 276 g/mol. The highest BCUT2D eigenvalue weighted by atomic mass is 16.2. The molecule has 1 heterocycles. The molecule has 6 heteroatoms. The molecule has 1 fully saturated rings. The standard InChI is InChI=1S/C14H20N4O2/c15-14(20)12-5-6-18(9-12)8-11-4-2-1-3-10(11)7-13(19)17-16/h1-4,12H,5-9,16H2,(H2,15,20)(H,17,19). The van der Waals surface area contributed by atoms with Crippen LogP contribution in [0.1, 0.15) is 17.5 Å². The molecule has 1 aromatic rings. The first-order chi connectivity index (χ1) is 9.60. The fourth-order valence-corrected chi connectivity index (χ4v) is 2.56. The van der Waals surface area contributed by atoms with E-state index in [2.05, 4.69) is 10.3 Å². The zero-order chi connectivity index (χ0) is 14.5. The van der Waals surface area contributed by atoms with Gasteiger partial charge in [0.25, 0.3) is 0 Å². The Balaban J connectivity index is 2.03. The lowest BCUT2D eigenvalue weighted by Crippen LogP contribution is -2.32. The van der Waals surface area contributed by atoms with Crippen LogP contribution >= 0.6 is 0 Å². The van der Waals surface area contributed by atoms with Crippen LogP contribution in [-0.4, -0.2) is 29.8 Å². The van der Waals surface area contributed by atoms with E-state index in [1.165, 1.54) is 0 Å². The number of nitrogens with zero attached hydrogens (tertiary/aromatic N) is 1. The molecule has 0 spiro atoms. The van der Waals surface area contributed by atoms with E-state index in [1.54, 1.807) is 0 Å². The van der Waals surface area contributed by atoms with Crippen LogP contribution in [-0.2, 0) is 22.6 Å². The van der Waals surface area contributed by atoms with Gasteiger partial charge in [-0.2, -0.15) is 0 Å². The van der Waals surface area contributed by atoms with Crippen LogP contribution in [0.5, 0.6) is 0 Å². The maximum absolute atomic E-state index is 11.4. The van der Waals surface area contributed by atoms with Crippen molar-refractivity contribution < 1.29 is 9.59 Å². The molecule has 1 aliphatic heterocycles. The molecule has 108 valence electrons. The normalized spacial score (nSPS) is 18.9. The molecule has 6 nitrogen and oxygen atoms in total. The maximum Gasteiger partial charge on any atom is 0.238 e. The summed E-state index contributed by atoms with van der Waals surface area (Å²) in [5.74, 6) is 4.62. The Morgan fingerprint density at radius 3 is 2.60 bits per heavy atom. The number of primary amides is 1. The molecule has 0 saturated carbocycles. The summed E-state index contributed by atoms with van der Waals surface area (Å²) in [5.41, 5.74) is 9.52. The topological polar surface area (TPSA) is 101 Å². The van der Waals surface area contributed by atoms with Gasteiger partial charge in [0.15, 0.2) is 0 Å². The van der Waals surface area contributed by atoms with Gasteiger partial charge in [0, 0.05) is 13.1 Å². The van der Waals surface area contributed by atoms with E-state index in [0.29, 0.717) is 6.54 Å². The average Bonchev–Trinajstić information content (AvgIpc) is 2.89. The second-order valence-corrected chi connectivity index (χ2v) is 5.14. The molecular formula is C14H20N4O2. The Kier molecular flexibility index (Phi) is 4.70. The number of nitrogens with one attached hydrogen (secondary N) is 1. The summed E-state index contributed by atoms with van der Waals surface area (Å²) >= 11 is 0. The van der Waals surface area contributed by atoms with E-state index < -0.39 is 0 Å². The van der Waals surface area contributed by atoms with Gasteiger partial charge >= 0.3 is 0 Å². The SMILES string of the molecule is NNC(=O)Cc1ccccc1CN1CCC(C(N)=O)C1. The number of nitrogens with two attached hydrogens (primary N) is 2. The van der Waals surface area contributed by atoms with Gasteiger partial charge in [-0.15, -0.1) is 0 Å². The van der Waals surface area contributed by atoms with Crippen LogP contribution in [0.4, 0.5) is 0 Å². The molecule has 0 radical (unpaired) electrons. The van der Waals surface area contributed by atoms with E-state index in [0.717, 1.165) is 30.6 Å². The van der Waals surface area contributed by atoms with Crippen LogP contribution in [0.2, 0.25) is 0 Å². The van der Waals surface area contributed by atoms with Gasteiger partial charge in [-0.1, -0.05) is 24.3 Å². The molecule has 1 unspecified atom stereocenters. The lowest BCUT2D eigenvalue weighted by Gasteiger charge is -2.17. The number of rotatable bonds is 5. The largest absolute Gasteiger partial charge is 0.369 e. The second kappa shape index (κ2) is 6.49. The Labute approximate surface area is 118 Å². The Morgan fingerprint density at radius 2 is 2.00 bits per heavy atom. The van der Waals surface area contributed by atoms with Crippen molar-refractivity contribution in [2.45, 2.75) is 19.4 Å². The first-order valence-electron chi connectivity index (χ1n) is 6.68. The van der Waals surface area contributed by atoms with Crippen molar-refractivity contribution in [1.82, 2.24) is 10.3 Å². The number of benzene rings is 1. The zero-order valence-corrected chi connectivity index (χ0v) is 11.3. The Bertz CT molecular complexity index is 504. The van der Waals surface area contributed by atoms with Crippen molar-refractivity contribution in [2.24, 2.45) is 17.5 Å². The number of hydrazine groups is 1. The van der Waals surface area contributed by atoms with Crippen molar-refractivity contribution in [3.63, 3.8) is 0 Å². The van der Waals surface area contributed by atoms with Crippen LogP contribution < -0.4 is 17.0 Å². The summed E-state index contributed by atoms with van der Waals surface area (Å²) < 4.78 is 0. The number of carbonyl (C=O) groups excluding carboxylic acids is 2. The highest BCUT2D eigenvalue weighted by Crippen LogP contribution is 2.20. The first kappa shape index (κ1) is 14.5. The van der Waals surface area contributed by atoms with E-state index in [1.807, 2.05) is 24.3 Å². The van der Waals surface area contributed by atoms with Crippen LogP contribution in [0.15, 0.2) is 24.3 Å². The van der Waals surface area contributed by atoms with Gasteiger partial charge < -0.3 is 5.73 Å². The highest BCUT2D eigenvalue weighted by Gasteiger charge is 2.26. The minimum Gasteiger partial charge on any atom is -0.369 e. The third kappa shape index (κ3) is 3.55. The zero-order valence-electron chi connectivity index (χ0n) is 11.3. The second-order valence-electron chi connectivity index (χ2n) is 5.14. The summed E-state index contributed by atoms with van der Waals surface area (Å²) in [4.78, 5) is 24.8. The van der Waals surface area contributed by atoms with Gasteiger partial charge in [-0.25, -0.2) is 5.84 Å². The van der Waals surface area contributed by atoms with Crippen molar-refractivity contribution in [3.05, 3.63) is 35.4 Å². The van der Waals surface area contributed by atoms with E-state index >= 15 is 0 Å². The Hall–Kier alpha value is -1.92. The van der Waals surface area contributed by atoms with E-state index in [-0.39, 0.29) is 24.2 Å². The van der Waals surface area contributed by atoms with Crippen LogP contribution in [0.3, 0.4) is 0 Å². The maximum atomic E-state index is 11.4. The number of amides is 2. The molecule has 0 bridgehead atoms. The first-order valence-corrected chi connectivity index (χ1v) is 6.68. The minimum atomic E-state index is -0.233. The molecular weight excluding hydrogens is 256 g/mol. The van der Waals surface area contributed by atoms with Crippen LogP contribution in [0, 0.1) is 5.92 Å². The quantitative estimate of drug-likeness (QED) is 0.384. The molecule has 5 N–H and O–H groups in total. The molecule has 0 aromatic heterocycles. The van der Waals surface area contributed by atoms with Crippen molar-refractivity contribution in [3.8, 4) is 0 Å². The molecule has 2 amide bonds. The fraction of sp³-hybridized carbons (Fsp3) is 0.429. The van der Waals surface area contributed by atoms with Gasteiger partial charge in [0.05, 0.1) is 12.3 Å². The van der Waals surface area contributed by atoms with Gasteiger partial charge in [-0.05, 0) is 24.1 Å². The predicted molar refractivity (Wildman–Crippen MR) is 75.1 cm³/mol. The monoisotopic (exact) mass is 276 g/mol. The third-order valence-electron chi connectivity index (χ3n) is 3.70. The summed E-state index contributed by atoms with van der Waals surface area (Å²) in [6.45, 7) is 2.26. The summed E-state index contributed by atoms with van der Waals surface area (Å²) in [6.07, 6.45) is 1.07. The minimum absolute atomic E-state index is 0.0606. The lowest BCUT2D eigenvalue weighted by atomic mass is 10.0. The molecule has 1 saturated heterocycles. The number of carbonyl (C=O) groups is 2. The summed E-state index contributed by atoms with van der Waals surface area (Å²) in [6, 6.07) is 7.77. The van der Waals surface area contributed by atoms with Crippen LogP contribution in [0.25, 0.3) is 0 Å². The van der Waals surface area contributed by atoms with Gasteiger partial charge in [0.2, 0.25) is 11.8 Å².